The normalized spacial score (nSPS) is 12.2. The van der Waals surface area contributed by atoms with Crippen LogP contribution in [0.5, 0.6) is 0 Å². The van der Waals surface area contributed by atoms with Crippen LogP contribution in [0.25, 0.3) is 0 Å². The predicted molar refractivity (Wildman–Crippen MR) is 79.9 cm³/mol. The molecule has 2 aromatic rings. The molecule has 0 spiro atoms. The molecule has 1 amide bonds. The third-order valence-corrected chi connectivity index (χ3v) is 3.85. The number of aryl methyl sites for hydroxylation is 1. The first-order valence-electron chi connectivity index (χ1n) is 6.12. The highest BCUT2D eigenvalue weighted by atomic mass is 35.5. The largest absolute Gasteiger partial charge is 0.349 e. The van der Waals surface area contributed by atoms with E-state index in [1.165, 1.54) is 11.8 Å². The van der Waals surface area contributed by atoms with Crippen molar-refractivity contribution in [3.63, 3.8) is 0 Å². The Hall–Kier alpha value is -1.53. The van der Waals surface area contributed by atoms with E-state index in [0.717, 1.165) is 11.4 Å². The summed E-state index contributed by atoms with van der Waals surface area (Å²) in [5.41, 5.74) is 0.904. The molecule has 1 heterocycles. The van der Waals surface area contributed by atoms with E-state index in [9.17, 15) is 4.79 Å². The van der Waals surface area contributed by atoms with Crippen molar-refractivity contribution in [2.24, 2.45) is 0 Å². The molecule has 0 saturated heterocycles. The predicted octanol–water partition coefficient (Wildman–Crippen LogP) is 2.74. The summed E-state index contributed by atoms with van der Waals surface area (Å²) < 4.78 is 0. The molecular formula is C13H15ClN4OS. The Morgan fingerprint density at radius 1 is 1.50 bits per heavy atom. The quantitative estimate of drug-likeness (QED) is 0.833. The van der Waals surface area contributed by atoms with E-state index in [4.69, 9.17) is 11.6 Å². The Balaban J connectivity index is 1.87. The molecule has 0 bridgehead atoms. The van der Waals surface area contributed by atoms with Gasteiger partial charge in [0.05, 0.1) is 11.8 Å². The Labute approximate surface area is 126 Å². The number of benzene rings is 1. The molecule has 20 heavy (non-hydrogen) atoms. The van der Waals surface area contributed by atoms with Gasteiger partial charge in [-0.3, -0.25) is 9.89 Å². The minimum Gasteiger partial charge on any atom is -0.349 e. The maximum absolute atomic E-state index is 11.9. The summed E-state index contributed by atoms with van der Waals surface area (Å²) >= 11 is 7.39. The van der Waals surface area contributed by atoms with Crippen LogP contribution in [0.15, 0.2) is 29.4 Å². The number of hydrogen-bond donors (Lipinski definition) is 2. The zero-order valence-corrected chi connectivity index (χ0v) is 12.8. The van der Waals surface area contributed by atoms with Gasteiger partial charge in [-0.15, -0.1) is 5.10 Å². The van der Waals surface area contributed by atoms with Crippen LogP contribution in [0.3, 0.4) is 0 Å². The van der Waals surface area contributed by atoms with Crippen LogP contribution in [0, 0.1) is 6.92 Å². The maximum Gasteiger partial charge on any atom is 0.230 e. The first-order chi connectivity index (χ1) is 9.56. The average molecular weight is 311 g/mol. The molecule has 1 aromatic carbocycles. The van der Waals surface area contributed by atoms with Gasteiger partial charge >= 0.3 is 0 Å². The topological polar surface area (TPSA) is 70.7 Å². The van der Waals surface area contributed by atoms with Crippen molar-refractivity contribution >= 4 is 29.3 Å². The van der Waals surface area contributed by atoms with Gasteiger partial charge in [-0.2, -0.15) is 0 Å². The van der Waals surface area contributed by atoms with Gasteiger partial charge in [-0.25, -0.2) is 4.98 Å². The fraction of sp³-hybridized carbons (Fsp3) is 0.308. The molecule has 2 rings (SSSR count). The number of H-pyrrole nitrogens is 1. The van der Waals surface area contributed by atoms with Gasteiger partial charge < -0.3 is 5.32 Å². The van der Waals surface area contributed by atoms with E-state index in [1.807, 2.05) is 38.1 Å². The summed E-state index contributed by atoms with van der Waals surface area (Å²) in [5.74, 6) is 0.925. The molecule has 1 aromatic heterocycles. The fourth-order valence-electron chi connectivity index (χ4n) is 1.70. The van der Waals surface area contributed by atoms with E-state index in [0.29, 0.717) is 10.2 Å². The monoisotopic (exact) mass is 310 g/mol. The summed E-state index contributed by atoms with van der Waals surface area (Å²) in [5, 5.41) is 10.8. The third kappa shape index (κ3) is 3.98. The van der Waals surface area contributed by atoms with Crippen LogP contribution in [0.1, 0.15) is 24.4 Å². The van der Waals surface area contributed by atoms with Gasteiger partial charge in [-0.1, -0.05) is 41.6 Å². The van der Waals surface area contributed by atoms with Crippen LogP contribution in [0.2, 0.25) is 5.02 Å². The molecule has 0 aliphatic carbocycles. The highest BCUT2D eigenvalue weighted by Gasteiger charge is 2.13. The van der Waals surface area contributed by atoms with Gasteiger partial charge in [0.25, 0.3) is 0 Å². The number of carbonyl (C=O) groups excluding carboxylic acids is 1. The zero-order valence-electron chi connectivity index (χ0n) is 11.2. The van der Waals surface area contributed by atoms with Crippen LogP contribution in [0.4, 0.5) is 0 Å². The summed E-state index contributed by atoms with van der Waals surface area (Å²) in [7, 11) is 0. The van der Waals surface area contributed by atoms with Crippen molar-refractivity contribution < 1.29 is 4.79 Å². The van der Waals surface area contributed by atoms with E-state index >= 15 is 0 Å². The smallest absolute Gasteiger partial charge is 0.230 e. The molecule has 106 valence electrons. The highest BCUT2D eigenvalue weighted by molar-refractivity contribution is 7.99. The van der Waals surface area contributed by atoms with Gasteiger partial charge in [-0.05, 0) is 25.5 Å². The number of thioether (sulfide) groups is 1. The Morgan fingerprint density at radius 2 is 2.25 bits per heavy atom. The lowest BCUT2D eigenvalue weighted by molar-refractivity contribution is -0.119. The lowest BCUT2D eigenvalue weighted by atomic mass is 10.1. The first kappa shape index (κ1) is 14.9. The van der Waals surface area contributed by atoms with Crippen LogP contribution >= 0.6 is 23.4 Å². The number of nitrogens with zero attached hydrogens (tertiary/aromatic N) is 2. The molecule has 0 saturated carbocycles. The lowest BCUT2D eigenvalue weighted by Gasteiger charge is -2.15. The number of rotatable bonds is 5. The number of aromatic nitrogens is 3. The second kappa shape index (κ2) is 6.76. The maximum atomic E-state index is 11.9. The van der Waals surface area contributed by atoms with Crippen molar-refractivity contribution in [1.82, 2.24) is 20.5 Å². The van der Waals surface area contributed by atoms with Crippen molar-refractivity contribution in [2.75, 3.05) is 5.75 Å². The van der Waals surface area contributed by atoms with E-state index < -0.39 is 0 Å². The molecule has 0 aliphatic rings. The van der Waals surface area contributed by atoms with Crippen LogP contribution in [-0.2, 0) is 4.79 Å². The Bertz CT molecular complexity index is 602. The van der Waals surface area contributed by atoms with Gasteiger partial charge in [0, 0.05) is 5.02 Å². The summed E-state index contributed by atoms with van der Waals surface area (Å²) in [6, 6.07) is 7.34. The number of nitrogens with one attached hydrogen (secondary N) is 2. The van der Waals surface area contributed by atoms with Crippen LogP contribution < -0.4 is 5.32 Å². The molecular weight excluding hydrogens is 296 g/mol. The number of amides is 1. The second-order valence-corrected chi connectivity index (χ2v) is 5.65. The lowest BCUT2D eigenvalue weighted by Crippen LogP contribution is -2.28. The standard InChI is InChI=1S/C13H15ClN4OS/c1-8(10-5-3-4-6-11(10)14)15-12(19)7-20-13-16-9(2)17-18-13/h3-6,8H,7H2,1-2H3,(H,15,19)(H,16,17,18). The first-order valence-corrected chi connectivity index (χ1v) is 7.48. The average Bonchev–Trinajstić information content (AvgIpc) is 2.82. The molecule has 5 nitrogen and oxygen atoms in total. The van der Waals surface area contributed by atoms with E-state index in [1.54, 1.807) is 0 Å². The highest BCUT2D eigenvalue weighted by Crippen LogP contribution is 2.22. The minimum atomic E-state index is -0.134. The van der Waals surface area contributed by atoms with E-state index in [-0.39, 0.29) is 17.7 Å². The van der Waals surface area contributed by atoms with Crippen molar-refractivity contribution in [2.45, 2.75) is 25.0 Å². The fourth-order valence-corrected chi connectivity index (χ4v) is 2.66. The van der Waals surface area contributed by atoms with Gasteiger partial charge in [0.2, 0.25) is 11.1 Å². The Kier molecular flexibility index (Phi) is 5.03. The molecule has 1 unspecified atom stereocenters. The second-order valence-electron chi connectivity index (χ2n) is 4.30. The number of hydrogen-bond acceptors (Lipinski definition) is 4. The van der Waals surface area contributed by atoms with Gasteiger partial charge in [0.1, 0.15) is 5.82 Å². The molecule has 0 aliphatic heterocycles. The molecule has 0 radical (unpaired) electrons. The van der Waals surface area contributed by atoms with E-state index in [2.05, 4.69) is 20.5 Å². The molecule has 0 fully saturated rings. The minimum absolute atomic E-state index is 0.0788. The number of carbonyl (C=O) groups is 1. The van der Waals surface area contributed by atoms with Crippen molar-refractivity contribution in [3.8, 4) is 0 Å². The molecule has 7 heteroatoms. The number of halogens is 1. The van der Waals surface area contributed by atoms with Gasteiger partial charge in [0.15, 0.2) is 0 Å². The summed E-state index contributed by atoms with van der Waals surface area (Å²) in [4.78, 5) is 16.0. The molecule has 1 atom stereocenters. The zero-order chi connectivity index (χ0) is 14.5. The van der Waals surface area contributed by atoms with Crippen molar-refractivity contribution in [1.29, 1.82) is 0 Å². The van der Waals surface area contributed by atoms with Crippen LogP contribution in [-0.4, -0.2) is 26.8 Å². The summed E-state index contributed by atoms with van der Waals surface area (Å²) in [6.45, 7) is 3.72. The SMILES string of the molecule is Cc1nc(SCC(=O)NC(C)c2ccccc2Cl)n[nH]1. The summed E-state index contributed by atoms with van der Waals surface area (Å²) in [6.07, 6.45) is 0. The molecule has 2 N–H and O–H groups in total. The Morgan fingerprint density at radius 3 is 2.90 bits per heavy atom. The number of aromatic amines is 1. The van der Waals surface area contributed by atoms with Crippen molar-refractivity contribution in [3.05, 3.63) is 40.7 Å². The third-order valence-electron chi connectivity index (χ3n) is 2.66.